The van der Waals surface area contributed by atoms with E-state index >= 15 is 0 Å². The van der Waals surface area contributed by atoms with E-state index < -0.39 is 15.9 Å². The lowest BCUT2D eigenvalue weighted by Crippen LogP contribution is -2.29. The molecule has 1 amide bonds. The first-order chi connectivity index (χ1) is 12.9. The van der Waals surface area contributed by atoms with Gasteiger partial charge in [-0.2, -0.15) is 0 Å². The summed E-state index contributed by atoms with van der Waals surface area (Å²) >= 11 is 6.16. The molecule has 3 rings (SSSR count). The van der Waals surface area contributed by atoms with Crippen LogP contribution >= 0.6 is 11.6 Å². The van der Waals surface area contributed by atoms with Gasteiger partial charge in [0.1, 0.15) is 0 Å². The number of halogens is 1. The molecular formula is C19H21ClN2O4S. The first-order valence-corrected chi connectivity index (χ1v) is 10.5. The molecule has 1 aliphatic carbocycles. The summed E-state index contributed by atoms with van der Waals surface area (Å²) in [6, 6.07) is 11.9. The van der Waals surface area contributed by atoms with E-state index in [4.69, 9.17) is 16.3 Å². The van der Waals surface area contributed by atoms with Crippen LogP contribution in [0.3, 0.4) is 0 Å². The monoisotopic (exact) mass is 408 g/mol. The van der Waals surface area contributed by atoms with Crippen molar-refractivity contribution < 1.29 is 17.9 Å². The maximum absolute atomic E-state index is 12.7. The average molecular weight is 409 g/mol. The summed E-state index contributed by atoms with van der Waals surface area (Å²) in [5.74, 6) is -0.393. The normalized spacial score (nSPS) is 16.1. The molecule has 0 heterocycles. The van der Waals surface area contributed by atoms with Crippen molar-refractivity contribution in [3.63, 3.8) is 0 Å². The molecule has 1 atom stereocenters. The van der Waals surface area contributed by atoms with Gasteiger partial charge in [0.2, 0.25) is 10.0 Å². The van der Waals surface area contributed by atoms with Crippen molar-refractivity contribution in [2.24, 2.45) is 0 Å². The van der Waals surface area contributed by atoms with Gasteiger partial charge in [0.15, 0.2) is 0 Å². The fraction of sp³-hybridized carbons (Fsp3) is 0.316. The van der Waals surface area contributed by atoms with E-state index in [0.717, 1.165) is 18.4 Å². The van der Waals surface area contributed by atoms with Crippen LogP contribution in [-0.4, -0.2) is 34.6 Å². The van der Waals surface area contributed by atoms with Gasteiger partial charge in [-0.3, -0.25) is 4.79 Å². The highest BCUT2D eigenvalue weighted by Gasteiger charge is 2.25. The van der Waals surface area contributed by atoms with Gasteiger partial charge in [0.25, 0.3) is 5.91 Å². The second-order valence-electron chi connectivity index (χ2n) is 6.30. The standard InChI is InChI=1S/C19H21ClN2O4S/c1-26-11-10-21-27(24,25)14-7-8-17(20)16(12-14)19(23)22-18-9-6-13-4-2-3-5-15(13)18/h2-5,7-8,12,18,21H,6,9-11H2,1H3,(H,22,23)/t18-/m1/s1. The molecule has 0 aliphatic heterocycles. The van der Waals surface area contributed by atoms with E-state index in [1.165, 1.54) is 30.9 Å². The summed E-state index contributed by atoms with van der Waals surface area (Å²) in [7, 11) is -2.26. The van der Waals surface area contributed by atoms with Crippen LogP contribution in [0.2, 0.25) is 5.02 Å². The Kier molecular flexibility index (Phi) is 6.16. The summed E-state index contributed by atoms with van der Waals surface area (Å²) in [6.45, 7) is 0.392. The predicted octanol–water partition coefficient (Wildman–Crippen LogP) is 2.68. The molecule has 0 unspecified atom stereocenters. The van der Waals surface area contributed by atoms with Crippen LogP contribution in [0.5, 0.6) is 0 Å². The van der Waals surface area contributed by atoms with Crippen molar-refractivity contribution in [3.8, 4) is 0 Å². The summed E-state index contributed by atoms with van der Waals surface area (Å²) in [6.07, 6.45) is 1.70. The van der Waals surface area contributed by atoms with E-state index in [0.29, 0.717) is 0 Å². The Hall–Kier alpha value is -1.93. The third-order valence-corrected chi connectivity index (χ3v) is 6.32. The number of hydrogen-bond donors (Lipinski definition) is 2. The van der Waals surface area contributed by atoms with Crippen LogP contribution in [0.15, 0.2) is 47.4 Å². The number of fused-ring (bicyclic) bond motifs is 1. The zero-order valence-corrected chi connectivity index (χ0v) is 16.4. The molecule has 0 bridgehead atoms. The van der Waals surface area contributed by atoms with Crippen LogP contribution in [0.1, 0.15) is 33.9 Å². The van der Waals surface area contributed by atoms with Gasteiger partial charge in [0, 0.05) is 13.7 Å². The minimum absolute atomic E-state index is 0.0139. The molecule has 8 heteroatoms. The van der Waals surface area contributed by atoms with Gasteiger partial charge in [-0.15, -0.1) is 0 Å². The number of benzene rings is 2. The highest BCUT2D eigenvalue weighted by molar-refractivity contribution is 7.89. The third-order valence-electron chi connectivity index (χ3n) is 4.53. The minimum Gasteiger partial charge on any atom is -0.383 e. The molecule has 0 saturated carbocycles. The van der Waals surface area contributed by atoms with Crippen LogP contribution in [0, 0.1) is 0 Å². The first-order valence-electron chi connectivity index (χ1n) is 8.59. The Balaban J connectivity index is 1.79. The lowest BCUT2D eigenvalue weighted by molar-refractivity contribution is 0.0936. The maximum Gasteiger partial charge on any atom is 0.253 e. The number of nitrogens with one attached hydrogen (secondary N) is 2. The van der Waals surface area contributed by atoms with E-state index in [1.54, 1.807) is 0 Å². The number of rotatable bonds is 7. The summed E-state index contributed by atoms with van der Waals surface area (Å²) in [4.78, 5) is 12.7. The molecule has 2 aromatic rings. The van der Waals surface area contributed by atoms with Crippen molar-refractivity contribution in [3.05, 3.63) is 64.2 Å². The largest absolute Gasteiger partial charge is 0.383 e. The lowest BCUT2D eigenvalue weighted by atomic mass is 10.1. The molecule has 144 valence electrons. The number of ether oxygens (including phenoxy) is 1. The van der Waals surface area contributed by atoms with Crippen molar-refractivity contribution in [1.29, 1.82) is 0 Å². The molecule has 2 N–H and O–H groups in total. The number of carbonyl (C=O) groups excluding carboxylic acids is 1. The Labute approximate surface area is 163 Å². The van der Waals surface area contributed by atoms with Crippen LogP contribution in [0.25, 0.3) is 0 Å². The Morgan fingerprint density at radius 2 is 2.04 bits per heavy atom. The number of sulfonamides is 1. The van der Waals surface area contributed by atoms with Crippen molar-refractivity contribution in [2.75, 3.05) is 20.3 Å². The molecule has 0 fully saturated rings. The molecule has 1 aliphatic rings. The number of hydrogen-bond acceptors (Lipinski definition) is 4. The van der Waals surface area contributed by atoms with Gasteiger partial charge < -0.3 is 10.1 Å². The van der Waals surface area contributed by atoms with Gasteiger partial charge in [-0.25, -0.2) is 13.1 Å². The molecule has 0 spiro atoms. The first kappa shape index (κ1) is 19.8. The van der Waals surface area contributed by atoms with E-state index in [2.05, 4.69) is 10.0 Å². The topological polar surface area (TPSA) is 84.5 Å². The van der Waals surface area contributed by atoms with E-state index in [1.807, 2.05) is 24.3 Å². The molecule has 27 heavy (non-hydrogen) atoms. The second kappa shape index (κ2) is 8.39. The quantitative estimate of drug-likeness (QED) is 0.690. The zero-order chi connectivity index (χ0) is 19.4. The average Bonchev–Trinajstić information content (AvgIpc) is 3.05. The summed E-state index contributed by atoms with van der Waals surface area (Å²) in [5.41, 5.74) is 2.44. The molecule has 0 saturated heterocycles. The van der Waals surface area contributed by atoms with Crippen molar-refractivity contribution >= 4 is 27.5 Å². The molecule has 0 aromatic heterocycles. The van der Waals surface area contributed by atoms with Crippen LogP contribution < -0.4 is 10.0 Å². The number of methoxy groups -OCH3 is 1. The third kappa shape index (κ3) is 4.50. The maximum atomic E-state index is 12.7. The summed E-state index contributed by atoms with van der Waals surface area (Å²) in [5, 5.41) is 3.17. The Morgan fingerprint density at radius 3 is 2.81 bits per heavy atom. The predicted molar refractivity (Wildman–Crippen MR) is 103 cm³/mol. The van der Waals surface area contributed by atoms with Gasteiger partial charge in [-0.05, 0) is 42.2 Å². The van der Waals surface area contributed by atoms with Crippen molar-refractivity contribution in [1.82, 2.24) is 10.0 Å². The highest BCUT2D eigenvalue weighted by atomic mass is 35.5. The number of aryl methyl sites for hydroxylation is 1. The highest BCUT2D eigenvalue weighted by Crippen LogP contribution is 2.31. The number of carbonyl (C=O) groups is 1. The van der Waals surface area contributed by atoms with Gasteiger partial charge in [-0.1, -0.05) is 35.9 Å². The van der Waals surface area contributed by atoms with Crippen LogP contribution in [0.4, 0.5) is 0 Å². The molecular weight excluding hydrogens is 388 g/mol. The zero-order valence-electron chi connectivity index (χ0n) is 14.9. The molecule has 6 nitrogen and oxygen atoms in total. The summed E-state index contributed by atoms with van der Waals surface area (Å²) < 4.78 is 32.0. The second-order valence-corrected chi connectivity index (χ2v) is 8.47. The van der Waals surface area contributed by atoms with Crippen molar-refractivity contribution in [2.45, 2.75) is 23.8 Å². The Morgan fingerprint density at radius 1 is 1.26 bits per heavy atom. The fourth-order valence-corrected chi connectivity index (χ4v) is 4.39. The van der Waals surface area contributed by atoms with Gasteiger partial charge >= 0.3 is 0 Å². The van der Waals surface area contributed by atoms with E-state index in [9.17, 15) is 13.2 Å². The SMILES string of the molecule is COCCNS(=O)(=O)c1ccc(Cl)c(C(=O)N[C@@H]2CCc3ccccc32)c1. The Bertz CT molecular complexity index is 946. The van der Waals surface area contributed by atoms with E-state index in [-0.39, 0.29) is 34.7 Å². The number of amides is 1. The lowest BCUT2D eigenvalue weighted by Gasteiger charge is -2.15. The minimum atomic E-state index is -3.75. The van der Waals surface area contributed by atoms with Gasteiger partial charge in [0.05, 0.1) is 28.1 Å². The molecule has 0 radical (unpaired) electrons. The molecule has 2 aromatic carbocycles. The fourth-order valence-electron chi connectivity index (χ4n) is 3.15. The smallest absolute Gasteiger partial charge is 0.253 e. The van der Waals surface area contributed by atoms with Crippen LogP contribution in [-0.2, 0) is 21.2 Å².